The van der Waals surface area contributed by atoms with E-state index >= 15 is 0 Å². The van der Waals surface area contributed by atoms with Crippen LogP contribution in [0.3, 0.4) is 0 Å². The summed E-state index contributed by atoms with van der Waals surface area (Å²) in [4.78, 5) is 0. The van der Waals surface area contributed by atoms with Gasteiger partial charge in [0.25, 0.3) is 5.65 Å². The quantitative estimate of drug-likeness (QED) is 0.242. The van der Waals surface area contributed by atoms with E-state index in [1.807, 2.05) is 0 Å². The maximum Gasteiger partial charge on any atom is 0.295 e. The zero-order chi connectivity index (χ0) is 23.9. The largest absolute Gasteiger partial charge is 0.295 e. The number of fused-ring (bicyclic) bond motifs is 3. The Morgan fingerprint density at radius 3 is 1.89 bits per heavy atom. The normalized spacial score (nSPS) is 11.4. The first-order valence-electron chi connectivity index (χ1n) is 12.2. The number of hydrogen-bond acceptors (Lipinski definition) is 0. The summed E-state index contributed by atoms with van der Waals surface area (Å²) in [5.74, 6) is 0. The van der Waals surface area contributed by atoms with E-state index in [9.17, 15) is 0 Å². The van der Waals surface area contributed by atoms with Gasteiger partial charge in [-0.15, -0.1) is 0 Å². The van der Waals surface area contributed by atoms with E-state index in [0.717, 1.165) is 6.54 Å². The van der Waals surface area contributed by atoms with Crippen molar-refractivity contribution < 1.29 is 4.57 Å². The summed E-state index contributed by atoms with van der Waals surface area (Å²) in [5, 5.41) is 1.26. The first-order chi connectivity index (χ1) is 17.1. The number of hydrogen-bond donors (Lipinski definition) is 0. The Morgan fingerprint density at radius 2 is 1.23 bits per heavy atom. The van der Waals surface area contributed by atoms with Gasteiger partial charge in [-0.1, -0.05) is 96.6 Å². The van der Waals surface area contributed by atoms with Crippen molar-refractivity contribution in [3.63, 3.8) is 0 Å². The maximum absolute atomic E-state index is 2.42. The van der Waals surface area contributed by atoms with Crippen LogP contribution in [0, 0.1) is 20.8 Å². The molecule has 6 aromatic rings. The number of aryl methyl sites for hydroxylation is 3. The molecule has 2 aromatic heterocycles. The van der Waals surface area contributed by atoms with Gasteiger partial charge in [-0.3, -0.25) is 0 Å². The Kier molecular flexibility index (Phi) is 5.22. The zero-order valence-electron chi connectivity index (χ0n) is 20.5. The highest BCUT2D eigenvalue weighted by atomic mass is 15.1. The molecule has 0 unspecified atom stereocenters. The third kappa shape index (κ3) is 3.63. The summed E-state index contributed by atoms with van der Waals surface area (Å²) in [7, 11) is 0. The number of pyridine rings is 1. The second kappa shape index (κ2) is 8.56. The lowest BCUT2D eigenvalue weighted by molar-refractivity contribution is -0.661. The Labute approximate surface area is 206 Å². The van der Waals surface area contributed by atoms with Crippen LogP contribution >= 0.6 is 0 Å². The molecule has 0 saturated heterocycles. The fourth-order valence-corrected chi connectivity index (χ4v) is 5.57. The van der Waals surface area contributed by atoms with Gasteiger partial charge in [0, 0.05) is 10.9 Å². The lowest BCUT2D eigenvalue weighted by atomic mass is 9.91. The van der Waals surface area contributed by atoms with Crippen molar-refractivity contribution in [3.05, 3.63) is 132 Å². The smallest absolute Gasteiger partial charge is 0.225 e. The topological polar surface area (TPSA) is 8.29 Å². The van der Waals surface area contributed by atoms with E-state index in [1.165, 1.54) is 61.1 Å². The molecule has 4 aromatic carbocycles. The third-order valence-electron chi connectivity index (χ3n) is 7.10. The maximum atomic E-state index is 2.42. The number of rotatable bonds is 4. The van der Waals surface area contributed by atoms with Crippen LogP contribution in [0.1, 0.15) is 22.3 Å². The van der Waals surface area contributed by atoms with E-state index in [-0.39, 0.29) is 0 Å². The molecule has 0 spiro atoms. The van der Waals surface area contributed by atoms with Crippen molar-refractivity contribution >= 4 is 16.6 Å². The molecule has 0 aliphatic heterocycles. The molecule has 2 nitrogen and oxygen atoms in total. The van der Waals surface area contributed by atoms with Gasteiger partial charge in [0.05, 0.1) is 5.56 Å². The second-order valence-electron chi connectivity index (χ2n) is 9.50. The van der Waals surface area contributed by atoms with Gasteiger partial charge in [-0.25, -0.2) is 4.57 Å². The molecule has 0 amide bonds. The first-order valence-corrected chi connectivity index (χ1v) is 12.2. The molecule has 2 heteroatoms. The van der Waals surface area contributed by atoms with E-state index in [2.05, 4.69) is 139 Å². The number of benzene rings is 4. The molecule has 35 heavy (non-hydrogen) atoms. The monoisotopic (exact) mass is 453 g/mol. The molecule has 0 fully saturated rings. The molecule has 0 saturated carbocycles. The molecule has 0 radical (unpaired) electrons. The van der Waals surface area contributed by atoms with Gasteiger partial charge in [-0.2, -0.15) is 4.40 Å². The van der Waals surface area contributed by atoms with Crippen molar-refractivity contribution in [3.8, 4) is 22.3 Å². The Bertz CT molecular complexity index is 1650. The van der Waals surface area contributed by atoms with Gasteiger partial charge in [-0.05, 0) is 54.7 Å². The van der Waals surface area contributed by atoms with Gasteiger partial charge in [0.2, 0.25) is 0 Å². The van der Waals surface area contributed by atoms with Crippen molar-refractivity contribution in [1.29, 1.82) is 0 Å². The summed E-state index contributed by atoms with van der Waals surface area (Å²) < 4.78 is 4.79. The van der Waals surface area contributed by atoms with Crippen molar-refractivity contribution in [2.75, 3.05) is 0 Å². The van der Waals surface area contributed by atoms with Crippen LogP contribution in [-0.2, 0) is 6.54 Å². The molecule has 0 N–H and O–H groups in total. The molecule has 0 bridgehead atoms. The molecule has 6 rings (SSSR count). The number of nitrogens with zero attached hydrogens (tertiary/aromatic N) is 2. The first kappa shape index (κ1) is 21.4. The van der Waals surface area contributed by atoms with Gasteiger partial charge in [0.15, 0.2) is 0 Å². The number of para-hydroxylation sites is 1. The predicted octanol–water partition coefficient (Wildman–Crippen LogP) is 7.69. The van der Waals surface area contributed by atoms with Gasteiger partial charge >= 0.3 is 0 Å². The average molecular weight is 454 g/mol. The second-order valence-corrected chi connectivity index (χ2v) is 9.50. The minimum Gasteiger partial charge on any atom is -0.225 e. The van der Waals surface area contributed by atoms with Crippen molar-refractivity contribution in [2.24, 2.45) is 0 Å². The van der Waals surface area contributed by atoms with Crippen LogP contribution in [0.15, 0.2) is 109 Å². The zero-order valence-corrected chi connectivity index (χ0v) is 20.5. The SMILES string of the molecule is Cc1cc(C)c(C[n+]2ccn3c4ccccc4c(-c4ccccc4)c(-c4ccccc4)c32)c(C)c1. The summed E-state index contributed by atoms with van der Waals surface area (Å²) in [6, 6.07) is 35.0. The fourth-order valence-electron chi connectivity index (χ4n) is 5.57. The highest BCUT2D eigenvalue weighted by Gasteiger charge is 2.26. The minimum absolute atomic E-state index is 0.834. The lowest BCUT2D eigenvalue weighted by Gasteiger charge is -2.15. The van der Waals surface area contributed by atoms with E-state index in [1.54, 1.807) is 0 Å². The van der Waals surface area contributed by atoms with E-state index < -0.39 is 0 Å². The standard InChI is InChI=1S/C33H29N2/c1-23-20-24(2)29(25(3)21-23)22-34-18-19-35-30-17-11-10-16-28(30)31(26-12-6-4-7-13-26)32(33(34)35)27-14-8-5-9-15-27/h4-21H,22H2,1-3H3/q+1. The highest BCUT2D eigenvalue weighted by Crippen LogP contribution is 2.40. The van der Waals surface area contributed by atoms with Crippen LogP contribution in [0.5, 0.6) is 0 Å². The van der Waals surface area contributed by atoms with Gasteiger partial charge in [0.1, 0.15) is 24.5 Å². The summed E-state index contributed by atoms with van der Waals surface area (Å²) in [5.41, 5.74) is 12.9. The Hall–Kier alpha value is -4.17. The fraction of sp³-hybridized carbons (Fsp3) is 0.121. The molecule has 2 heterocycles. The average Bonchev–Trinajstić information content (AvgIpc) is 3.30. The minimum atomic E-state index is 0.834. The molecule has 0 aliphatic carbocycles. The van der Waals surface area contributed by atoms with Crippen molar-refractivity contribution in [1.82, 2.24) is 4.40 Å². The van der Waals surface area contributed by atoms with Crippen LogP contribution in [-0.4, -0.2) is 4.40 Å². The summed E-state index contributed by atoms with van der Waals surface area (Å²) in [6.45, 7) is 7.48. The number of aromatic nitrogens is 2. The van der Waals surface area contributed by atoms with Crippen LogP contribution in [0.25, 0.3) is 38.8 Å². The molecular weight excluding hydrogens is 424 g/mol. The Morgan fingerprint density at radius 1 is 0.657 bits per heavy atom. The van der Waals surface area contributed by atoms with Crippen molar-refractivity contribution in [2.45, 2.75) is 27.3 Å². The lowest BCUT2D eigenvalue weighted by Crippen LogP contribution is -2.34. The molecular formula is C33H29N2+. The van der Waals surface area contributed by atoms with E-state index in [0.29, 0.717) is 0 Å². The van der Waals surface area contributed by atoms with Crippen LogP contribution in [0.2, 0.25) is 0 Å². The molecule has 0 aliphatic rings. The van der Waals surface area contributed by atoms with Crippen LogP contribution in [0.4, 0.5) is 0 Å². The summed E-state index contributed by atoms with van der Waals surface area (Å²) in [6.07, 6.45) is 4.46. The highest BCUT2D eigenvalue weighted by molar-refractivity contribution is 6.06. The summed E-state index contributed by atoms with van der Waals surface area (Å²) >= 11 is 0. The van der Waals surface area contributed by atoms with Crippen LogP contribution < -0.4 is 4.57 Å². The van der Waals surface area contributed by atoms with E-state index in [4.69, 9.17) is 0 Å². The number of imidazole rings is 1. The third-order valence-corrected chi connectivity index (χ3v) is 7.10. The van der Waals surface area contributed by atoms with Gasteiger partial charge < -0.3 is 0 Å². The molecule has 0 atom stereocenters. The Balaban J connectivity index is 1.74. The predicted molar refractivity (Wildman–Crippen MR) is 146 cm³/mol. The molecule has 170 valence electrons.